The molecule has 0 radical (unpaired) electrons. The average Bonchev–Trinajstić information content (AvgIpc) is 2.89. The smallest absolute Gasteiger partial charge is 0.128 e. The molecule has 1 aliphatic heterocycles. The third-order valence-electron chi connectivity index (χ3n) is 3.52. The number of H-pyrrole nitrogens is 1. The van der Waals surface area contributed by atoms with Gasteiger partial charge >= 0.3 is 0 Å². The Hall–Kier alpha value is -1.81. The van der Waals surface area contributed by atoms with E-state index in [0.29, 0.717) is 5.92 Å². The summed E-state index contributed by atoms with van der Waals surface area (Å²) in [5.41, 5.74) is 4.62. The molecule has 4 heteroatoms. The molecule has 106 valence electrons. The van der Waals surface area contributed by atoms with Crippen LogP contribution in [0.3, 0.4) is 0 Å². The summed E-state index contributed by atoms with van der Waals surface area (Å²) >= 11 is 0. The van der Waals surface area contributed by atoms with E-state index >= 15 is 0 Å². The first-order valence-corrected chi connectivity index (χ1v) is 7.24. The fourth-order valence-electron chi connectivity index (χ4n) is 2.49. The number of fused-ring (bicyclic) bond motifs is 1. The Morgan fingerprint density at radius 3 is 3.00 bits per heavy atom. The lowest BCUT2D eigenvalue weighted by molar-refractivity contribution is 0.272. The molecule has 0 saturated carbocycles. The van der Waals surface area contributed by atoms with Gasteiger partial charge in [0.25, 0.3) is 0 Å². The molecule has 20 heavy (non-hydrogen) atoms. The molecule has 0 amide bonds. The molecule has 2 N–H and O–H groups in total. The minimum absolute atomic E-state index is 0.512. The summed E-state index contributed by atoms with van der Waals surface area (Å²) < 4.78 is 5.94. The van der Waals surface area contributed by atoms with Gasteiger partial charge in [0, 0.05) is 36.3 Å². The zero-order valence-electron chi connectivity index (χ0n) is 12.1. The number of rotatable bonds is 4. The minimum atomic E-state index is 0.512. The van der Waals surface area contributed by atoms with Gasteiger partial charge in [-0.05, 0) is 18.1 Å². The van der Waals surface area contributed by atoms with Crippen LogP contribution in [0, 0.1) is 5.92 Å². The maximum absolute atomic E-state index is 5.94. The van der Waals surface area contributed by atoms with E-state index in [2.05, 4.69) is 35.4 Å². The number of para-hydroxylation sites is 1. The van der Waals surface area contributed by atoms with E-state index in [-0.39, 0.29) is 0 Å². The van der Waals surface area contributed by atoms with Crippen molar-refractivity contribution in [3.05, 3.63) is 35.5 Å². The molecule has 0 fully saturated rings. The Morgan fingerprint density at radius 1 is 1.30 bits per heavy atom. The normalized spacial score (nSPS) is 14.3. The number of hydrogen-bond acceptors (Lipinski definition) is 3. The van der Waals surface area contributed by atoms with E-state index in [1.165, 1.54) is 11.3 Å². The molecule has 0 saturated heterocycles. The Balaban J connectivity index is 1.95. The van der Waals surface area contributed by atoms with Crippen LogP contribution in [0.25, 0.3) is 11.3 Å². The molecule has 0 bridgehead atoms. The van der Waals surface area contributed by atoms with Crippen LogP contribution in [0.4, 0.5) is 0 Å². The molecule has 2 heterocycles. The number of nitrogens with zero attached hydrogens (tertiary/aromatic N) is 1. The first kappa shape index (κ1) is 13.2. The summed E-state index contributed by atoms with van der Waals surface area (Å²) in [6.07, 6.45) is 1.01. The van der Waals surface area contributed by atoms with Gasteiger partial charge in [-0.3, -0.25) is 5.10 Å². The van der Waals surface area contributed by atoms with E-state index in [1.54, 1.807) is 0 Å². The Morgan fingerprint density at radius 2 is 2.15 bits per heavy atom. The lowest BCUT2D eigenvalue weighted by atomic mass is 10.0. The molecule has 2 aromatic rings. The number of aromatic nitrogens is 2. The molecule has 4 nitrogen and oxygen atoms in total. The zero-order chi connectivity index (χ0) is 13.9. The maximum atomic E-state index is 5.94. The van der Waals surface area contributed by atoms with Crippen LogP contribution in [0.1, 0.15) is 25.1 Å². The second kappa shape index (κ2) is 5.67. The summed E-state index contributed by atoms with van der Waals surface area (Å²) in [5.74, 6) is 1.43. The summed E-state index contributed by atoms with van der Waals surface area (Å²) in [6.45, 7) is 6.92. The van der Waals surface area contributed by atoms with E-state index in [9.17, 15) is 0 Å². The van der Waals surface area contributed by atoms with Gasteiger partial charge in [0.2, 0.25) is 0 Å². The number of ether oxygens (including phenoxy) is 1. The second-order valence-electron chi connectivity index (χ2n) is 5.66. The fraction of sp³-hybridized carbons (Fsp3) is 0.438. The predicted octanol–water partition coefficient (Wildman–Crippen LogP) is 2.76. The van der Waals surface area contributed by atoms with Crippen molar-refractivity contribution in [1.29, 1.82) is 0 Å². The first-order valence-electron chi connectivity index (χ1n) is 7.24. The van der Waals surface area contributed by atoms with E-state index in [4.69, 9.17) is 4.74 Å². The van der Waals surface area contributed by atoms with Crippen LogP contribution < -0.4 is 10.1 Å². The van der Waals surface area contributed by atoms with Gasteiger partial charge in [0.15, 0.2) is 0 Å². The Kier molecular flexibility index (Phi) is 3.74. The highest BCUT2D eigenvalue weighted by molar-refractivity contribution is 5.70. The van der Waals surface area contributed by atoms with E-state index in [1.807, 2.05) is 18.2 Å². The van der Waals surface area contributed by atoms with Crippen LogP contribution in [-0.2, 0) is 13.0 Å². The van der Waals surface area contributed by atoms with Crippen LogP contribution >= 0.6 is 0 Å². The van der Waals surface area contributed by atoms with Gasteiger partial charge in [-0.25, -0.2) is 0 Å². The molecule has 0 unspecified atom stereocenters. The number of aromatic amines is 1. The Bertz CT molecular complexity index is 589. The molecule has 0 aliphatic carbocycles. The molecular weight excluding hydrogens is 250 g/mol. The largest absolute Gasteiger partial charge is 0.493 e. The summed E-state index contributed by atoms with van der Waals surface area (Å²) in [7, 11) is 0. The monoisotopic (exact) mass is 271 g/mol. The van der Waals surface area contributed by atoms with Gasteiger partial charge in [-0.2, -0.15) is 5.10 Å². The van der Waals surface area contributed by atoms with Gasteiger partial charge < -0.3 is 10.1 Å². The second-order valence-corrected chi connectivity index (χ2v) is 5.66. The van der Waals surface area contributed by atoms with Crippen LogP contribution in [0.15, 0.2) is 24.3 Å². The molecule has 1 aliphatic rings. The third-order valence-corrected chi connectivity index (χ3v) is 3.52. The standard InChI is InChI=1S/C16H21N3O/c1-11(2)10-20-15-6-4-3-5-12(15)16-13-9-17-8-7-14(13)18-19-16/h3-6,11,17H,7-10H2,1-2H3,(H,18,19). The van der Waals surface area contributed by atoms with Gasteiger partial charge in [-0.1, -0.05) is 26.0 Å². The highest BCUT2D eigenvalue weighted by atomic mass is 16.5. The van der Waals surface area contributed by atoms with Crippen molar-refractivity contribution < 1.29 is 4.74 Å². The number of nitrogens with one attached hydrogen (secondary N) is 2. The van der Waals surface area contributed by atoms with Crippen molar-refractivity contribution in [2.45, 2.75) is 26.8 Å². The van der Waals surface area contributed by atoms with Gasteiger partial charge in [0.1, 0.15) is 11.4 Å². The van der Waals surface area contributed by atoms with Crippen LogP contribution in [0.5, 0.6) is 5.75 Å². The highest BCUT2D eigenvalue weighted by Gasteiger charge is 2.19. The lowest BCUT2D eigenvalue weighted by Gasteiger charge is -2.15. The van der Waals surface area contributed by atoms with Crippen molar-refractivity contribution in [2.24, 2.45) is 5.92 Å². The molecule has 0 atom stereocenters. The molecule has 3 rings (SSSR count). The molecular formula is C16H21N3O. The molecule has 1 aromatic heterocycles. The number of hydrogen-bond donors (Lipinski definition) is 2. The minimum Gasteiger partial charge on any atom is -0.493 e. The average molecular weight is 271 g/mol. The van der Waals surface area contributed by atoms with Crippen LogP contribution in [-0.4, -0.2) is 23.3 Å². The van der Waals surface area contributed by atoms with E-state index < -0.39 is 0 Å². The van der Waals surface area contributed by atoms with Crippen molar-refractivity contribution in [1.82, 2.24) is 15.5 Å². The maximum Gasteiger partial charge on any atom is 0.128 e. The van der Waals surface area contributed by atoms with E-state index in [0.717, 1.165) is 43.1 Å². The molecule has 0 spiro atoms. The summed E-state index contributed by atoms with van der Waals surface area (Å²) in [6, 6.07) is 8.15. The quantitative estimate of drug-likeness (QED) is 0.899. The van der Waals surface area contributed by atoms with Crippen molar-refractivity contribution >= 4 is 0 Å². The lowest BCUT2D eigenvalue weighted by Crippen LogP contribution is -2.23. The van der Waals surface area contributed by atoms with Crippen LogP contribution in [0.2, 0.25) is 0 Å². The summed E-state index contributed by atoms with van der Waals surface area (Å²) in [4.78, 5) is 0. The van der Waals surface area contributed by atoms with Crippen molar-refractivity contribution in [2.75, 3.05) is 13.2 Å². The van der Waals surface area contributed by atoms with Crippen molar-refractivity contribution in [3.8, 4) is 17.0 Å². The van der Waals surface area contributed by atoms with Crippen molar-refractivity contribution in [3.63, 3.8) is 0 Å². The van der Waals surface area contributed by atoms with Gasteiger partial charge in [0.05, 0.1) is 6.61 Å². The fourth-order valence-corrected chi connectivity index (χ4v) is 2.49. The predicted molar refractivity (Wildman–Crippen MR) is 79.8 cm³/mol. The third kappa shape index (κ3) is 2.56. The first-order chi connectivity index (χ1) is 9.75. The SMILES string of the molecule is CC(C)COc1ccccc1-c1n[nH]c2c1CNCC2. The van der Waals surface area contributed by atoms with Gasteiger partial charge in [-0.15, -0.1) is 0 Å². The highest BCUT2D eigenvalue weighted by Crippen LogP contribution is 2.33. The number of benzene rings is 1. The molecule has 1 aromatic carbocycles. The Labute approximate surface area is 119 Å². The topological polar surface area (TPSA) is 49.9 Å². The summed E-state index contributed by atoms with van der Waals surface area (Å²) in [5, 5.41) is 11.1. The zero-order valence-corrected chi connectivity index (χ0v) is 12.1.